The Labute approximate surface area is 123 Å². The summed E-state index contributed by atoms with van der Waals surface area (Å²) in [5, 5.41) is 0.508. The van der Waals surface area contributed by atoms with Gasteiger partial charge in [-0.3, -0.25) is 0 Å². The Hall–Kier alpha value is -1.32. The molecule has 20 heavy (non-hydrogen) atoms. The third-order valence-corrected chi connectivity index (χ3v) is 4.70. The topological polar surface area (TPSA) is 56.5 Å². The molecule has 0 amide bonds. The molecule has 0 aliphatic heterocycles. The number of hydrogen-bond acceptors (Lipinski definition) is 4. The van der Waals surface area contributed by atoms with E-state index in [4.69, 9.17) is 8.22 Å². The first-order chi connectivity index (χ1) is 9.20. The SMILES string of the molecule is CC(C)OC(=O)c1cc(C(C)(C)C)cc2c(=O)o[se]c12. The number of esters is 1. The van der Waals surface area contributed by atoms with Crippen LogP contribution in [-0.2, 0) is 10.2 Å². The van der Waals surface area contributed by atoms with E-state index in [1.165, 1.54) is 0 Å². The van der Waals surface area contributed by atoms with E-state index in [2.05, 4.69) is 0 Å². The number of benzene rings is 1. The molecule has 1 aromatic heterocycles. The summed E-state index contributed by atoms with van der Waals surface area (Å²) in [7, 11) is 0. The summed E-state index contributed by atoms with van der Waals surface area (Å²) < 4.78 is 11.1. The zero-order chi connectivity index (χ0) is 15.1. The predicted molar refractivity (Wildman–Crippen MR) is 78.7 cm³/mol. The number of carbonyl (C=O) groups is 1. The number of ether oxygens (including phenoxy) is 1. The van der Waals surface area contributed by atoms with Crippen molar-refractivity contribution in [2.24, 2.45) is 0 Å². The van der Waals surface area contributed by atoms with Gasteiger partial charge in [-0.15, -0.1) is 0 Å². The van der Waals surface area contributed by atoms with Crippen LogP contribution in [-0.4, -0.2) is 26.9 Å². The van der Waals surface area contributed by atoms with E-state index in [1.54, 1.807) is 13.8 Å². The Morgan fingerprint density at radius 3 is 2.50 bits per heavy atom. The van der Waals surface area contributed by atoms with E-state index >= 15 is 0 Å². The van der Waals surface area contributed by atoms with Crippen LogP contribution in [0.2, 0.25) is 0 Å². The molecular formula is C15H18O4Se. The summed E-state index contributed by atoms with van der Waals surface area (Å²) in [5.41, 5.74) is 0.899. The maximum atomic E-state index is 12.2. The molecule has 0 saturated heterocycles. The van der Waals surface area contributed by atoms with Crippen LogP contribution in [0.3, 0.4) is 0 Å². The van der Waals surface area contributed by atoms with Gasteiger partial charge in [0.1, 0.15) is 0 Å². The number of rotatable bonds is 2. The van der Waals surface area contributed by atoms with Gasteiger partial charge in [0.15, 0.2) is 0 Å². The number of fused-ring (bicyclic) bond motifs is 1. The third-order valence-electron chi connectivity index (χ3n) is 2.94. The van der Waals surface area contributed by atoms with Crippen LogP contribution in [0.5, 0.6) is 0 Å². The van der Waals surface area contributed by atoms with Crippen LogP contribution in [0.1, 0.15) is 50.5 Å². The van der Waals surface area contributed by atoms with E-state index in [-0.39, 0.29) is 23.1 Å². The van der Waals surface area contributed by atoms with Crippen LogP contribution in [0.25, 0.3) is 9.65 Å². The first-order valence-corrected chi connectivity index (χ1v) is 8.04. The monoisotopic (exact) mass is 342 g/mol. The van der Waals surface area contributed by atoms with E-state index in [0.717, 1.165) is 5.56 Å². The fraction of sp³-hybridized carbons (Fsp3) is 0.467. The molecule has 108 valence electrons. The average Bonchev–Trinajstić information content (AvgIpc) is 2.68. The summed E-state index contributed by atoms with van der Waals surface area (Å²) in [6.45, 7) is 9.73. The van der Waals surface area contributed by atoms with Gasteiger partial charge in [0.2, 0.25) is 0 Å². The molecule has 0 fully saturated rings. The van der Waals surface area contributed by atoms with Gasteiger partial charge in [0.05, 0.1) is 0 Å². The van der Waals surface area contributed by atoms with E-state index in [9.17, 15) is 9.59 Å². The van der Waals surface area contributed by atoms with Gasteiger partial charge in [0.25, 0.3) is 0 Å². The summed E-state index contributed by atoms with van der Waals surface area (Å²) in [6, 6.07) is 3.66. The predicted octanol–water partition coefficient (Wildman–Crippen LogP) is 2.71. The van der Waals surface area contributed by atoms with Gasteiger partial charge in [-0.1, -0.05) is 0 Å². The second-order valence-corrected chi connectivity index (χ2v) is 7.61. The molecule has 0 aliphatic rings. The minimum absolute atomic E-state index is 0.155. The molecule has 1 aromatic carbocycles. The Balaban J connectivity index is 2.68. The van der Waals surface area contributed by atoms with Crippen molar-refractivity contribution in [1.29, 1.82) is 0 Å². The normalized spacial score (nSPS) is 12.1. The second kappa shape index (κ2) is 5.23. The average molecular weight is 341 g/mol. The summed E-state index contributed by atoms with van der Waals surface area (Å²) in [6.07, 6.45) is -0.193. The number of hydrogen-bond donors (Lipinski definition) is 0. The first kappa shape index (κ1) is 15.1. The van der Waals surface area contributed by atoms with Crippen molar-refractivity contribution in [3.05, 3.63) is 33.7 Å². The molecule has 0 unspecified atom stereocenters. The Bertz CT molecular complexity index is 701. The molecule has 2 aromatic rings. The first-order valence-electron chi connectivity index (χ1n) is 6.48. The van der Waals surface area contributed by atoms with Gasteiger partial charge in [-0.2, -0.15) is 0 Å². The number of carbonyl (C=O) groups excluding carboxylic acids is 1. The van der Waals surface area contributed by atoms with Crippen molar-refractivity contribution < 1.29 is 13.0 Å². The molecular weight excluding hydrogens is 323 g/mol. The Kier molecular flexibility index (Phi) is 3.94. The summed E-state index contributed by atoms with van der Waals surface area (Å²) in [4.78, 5) is 24.0. The van der Waals surface area contributed by atoms with Crippen molar-refractivity contribution in [1.82, 2.24) is 0 Å². The van der Waals surface area contributed by atoms with Gasteiger partial charge >= 0.3 is 123 Å². The van der Waals surface area contributed by atoms with Crippen LogP contribution in [0.15, 0.2) is 20.4 Å². The van der Waals surface area contributed by atoms with E-state index in [1.807, 2.05) is 32.9 Å². The second-order valence-electron chi connectivity index (χ2n) is 6.06. The van der Waals surface area contributed by atoms with Gasteiger partial charge in [-0.05, 0) is 0 Å². The summed E-state index contributed by atoms with van der Waals surface area (Å²) in [5.74, 6) is -0.387. The molecule has 0 N–H and O–H groups in total. The van der Waals surface area contributed by atoms with Gasteiger partial charge < -0.3 is 0 Å². The zero-order valence-corrected chi connectivity index (χ0v) is 14.0. The zero-order valence-electron chi connectivity index (χ0n) is 12.3. The maximum absolute atomic E-state index is 12.2. The molecule has 0 bridgehead atoms. The fourth-order valence-corrected chi connectivity index (χ4v) is 3.35. The van der Waals surface area contributed by atoms with E-state index in [0.29, 0.717) is 15.2 Å². The quantitative estimate of drug-likeness (QED) is 0.623. The molecule has 1 heterocycles. The molecule has 0 saturated carbocycles. The molecule has 5 heteroatoms. The van der Waals surface area contributed by atoms with Crippen LogP contribution in [0, 0.1) is 0 Å². The Morgan fingerprint density at radius 1 is 1.30 bits per heavy atom. The molecule has 4 nitrogen and oxygen atoms in total. The van der Waals surface area contributed by atoms with Gasteiger partial charge in [0, 0.05) is 0 Å². The van der Waals surface area contributed by atoms with Crippen LogP contribution >= 0.6 is 0 Å². The van der Waals surface area contributed by atoms with Gasteiger partial charge in [-0.25, -0.2) is 0 Å². The van der Waals surface area contributed by atoms with Crippen molar-refractivity contribution >= 4 is 30.5 Å². The molecule has 0 radical (unpaired) electrons. The molecule has 0 atom stereocenters. The molecule has 0 spiro atoms. The Morgan fingerprint density at radius 2 is 1.95 bits per heavy atom. The van der Waals surface area contributed by atoms with Crippen molar-refractivity contribution in [2.45, 2.75) is 46.1 Å². The summed E-state index contributed by atoms with van der Waals surface area (Å²) >= 11 is -0.450. The van der Waals surface area contributed by atoms with Crippen molar-refractivity contribution in [2.75, 3.05) is 0 Å². The third kappa shape index (κ3) is 2.89. The van der Waals surface area contributed by atoms with Crippen molar-refractivity contribution in [3.8, 4) is 0 Å². The molecule has 2 rings (SSSR count). The minimum atomic E-state index is -0.450. The van der Waals surface area contributed by atoms with Crippen molar-refractivity contribution in [3.63, 3.8) is 0 Å². The van der Waals surface area contributed by atoms with Crippen LogP contribution in [0.4, 0.5) is 0 Å². The standard InChI is InChI=1S/C15H18O4Se/c1-8(2)18-13(16)10-6-9(15(3,4)5)7-11-12(10)20-19-14(11)17/h6-8H,1-5H3. The van der Waals surface area contributed by atoms with E-state index < -0.39 is 14.9 Å². The van der Waals surface area contributed by atoms with Crippen LogP contribution < -0.4 is 5.63 Å². The fourth-order valence-electron chi connectivity index (χ4n) is 1.86. The molecule has 0 aliphatic carbocycles.